The topological polar surface area (TPSA) is 50.9 Å². The fourth-order valence-electron chi connectivity index (χ4n) is 2.06. The van der Waals surface area contributed by atoms with Gasteiger partial charge >= 0.3 is 0 Å². The number of hydrogen-bond acceptors (Lipinski definition) is 3. The second-order valence-electron chi connectivity index (χ2n) is 4.22. The van der Waals surface area contributed by atoms with E-state index in [0.717, 1.165) is 27.9 Å². The predicted molar refractivity (Wildman–Crippen MR) is 69.9 cm³/mol. The number of rotatable bonds is 2. The Morgan fingerprint density at radius 1 is 1.17 bits per heavy atom. The van der Waals surface area contributed by atoms with Gasteiger partial charge in [0.1, 0.15) is 5.69 Å². The van der Waals surface area contributed by atoms with Crippen LogP contribution in [0.5, 0.6) is 0 Å². The lowest BCUT2D eigenvalue weighted by Gasteiger charge is -2.06. The number of nitrogens with zero attached hydrogens (tertiary/aromatic N) is 3. The van der Waals surface area contributed by atoms with E-state index in [9.17, 15) is 5.11 Å². The van der Waals surface area contributed by atoms with E-state index in [0.29, 0.717) is 0 Å². The molecule has 0 aliphatic carbocycles. The number of fused-ring (bicyclic) bond motifs is 1. The molecule has 0 radical (unpaired) electrons. The summed E-state index contributed by atoms with van der Waals surface area (Å²) in [5, 5.41) is 14.8. The third-order valence-electron chi connectivity index (χ3n) is 2.95. The van der Waals surface area contributed by atoms with Crippen LogP contribution in [-0.2, 0) is 13.7 Å². The molecule has 0 saturated heterocycles. The Bertz CT molecular complexity index is 703. The first-order valence-corrected chi connectivity index (χ1v) is 5.77. The summed E-state index contributed by atoms with van der Waals surface area (Å²) in [6.07, 6.45) is 1.88. The van der Waals surface area contributed by atoms with Gasteiger partial charge in [0.2, 0.25) is 0 Å². The normalized spacial score (nSPS) is 11.0. The van der Waals surface area contributed by atoms with Crippen molar-refractivity contribution < 1.29 is 5.11 Å². The van der Waals surface area contributed by atoms with Crippen molar-refractivity contribution in [2.75, 3.05) is 0 Å². The molecule has 1 N–H and O–H groups in total. The quantitative estimate of drug-likeness (QED) is 0.745. The molecule has 0 unspecified atom stereocenters. The summed E-state index contributed by atoms with van der Waals surface area (Å²) < 4.78 is 1.74. The van der Waals surface area contributed by atoms with Crippen LogP contribution in [0.2, 0.25) is 0 Å². The van der Waals surface area contributed by atoms with Crippen molar-refractivity contribution in [1.82, 2.24) is 14.8 Å². The maximum atomic E-state index is 9.46. The molecule has 3 aromatic rings. The molecule has 0 fully saturated rings. The Balaban J connectivity index is 2.25. The minimum absolute atomic E-state index is 0.00284. The summed E-state index contributed by atoms with van der Waals surface area (Å²) in [5.74, 6) is 0. The van der Waals surface area contributed by atoms with Crippen LogP contribution in [0.25, 0.3) is 22.3 Å². The van der Waals surface area contributed by atoms with Gasteiger partial charge in [0.25, 0.3) is 0 Å². The van der Waals surface area contributed by atoms with Gasteiger partial charge in [-0.3, -0.25) is 4.68 Å². The Kier molecular flexibility index (Phi) is 2.57. The third kappa shape index (κ3) is 1.76. The lowest BCUT2D eigenvalue weighted by molar-refractivity contribution is 0.283. The highest BCUT2D eigenvalue weighted by atomic mass is 16.3. The Labute approximate surface area is 105 Å². The number of benzene rings is 1. The Morgan fingerprint density at radius 2 is 2.00 bits per heavy atom. The summed E-state index contributed by atoms with van der Waals surface area (Å²) >= 11 is 0. The van der Waals surface area contributed by atoms with Crippen LogP contribution in [0.4, 0.5) is 0 Å². The minimum atomic E-state index is 0.00284. The van der Waals surface area contributed by atoms with E-state index in [1.165, 1.54) is 0 Å². The number of aliphatic hydroxyl groups excluding tert-OH is 1. The zero-order valence-corrected chi connectivity index (χ0v) is 10.0. The van der Waals surface area contributed by atoms with E-state index in [-0.39, 0.29) is 6.61 Å². The van der Waals surface area contributed by atoms with E-state index in [1.54, 1.807) is 4.68 Å². The molecule has 1 aromatic carbocycles. The Morgan fingerprint density at radius 3 is 2.72 bits per heavy atom. The highest BCUT2D eigenvalue weighted by molar-refractivity contribution is 5.84. The van der Waals surface area contributed by atoms with Crippen molar-refractivity contribution in [3.8, 4) is 11.4 Å². The van der Waals surface area contributed by atoms with Crippen molar-refractivity contribution >= 4 is 10.9 Å². The van der Waals surface area contributed by atoms with Crippen molar-refractivity contribution in [3.05, 3.63) is 48.2 Å². The molecule has 0 aliphatic rings. The van der Waals surface area contributed by atoms with E-state index < -0.39 is 0 Å². The molecule has 0 bridgehead atoms. The lowest BCUT2D eigenvalue weighted by atomic mass is 10.1. The number of aliphatic hydroxyl groups is 1. The summed E-state index contributed by atoms with van der Waals surface area (Å²) in [4.78, 5) is 4.58. The van der Waals surface area contributed by atoms with E-state index in [4.69, 9.17) is 0 Å². The highest BCUT2D eigenvalue weighted by Crippen LogP contribution is 2.23. The van der Waals surface area contributed by atoms with Crippen molar-refractivity contribution in [1.29, 1.82) is 0 Å². The molecule has 0 saturated carbocycles. The monoisotopic (exact) mass is 239 g/mol. The third-order valence-corrected chi connectivity index (χ3v) is 2.95. The summed E-state index contributed by atoms with van der Waals surface area (Å²) in [6.45, 7) is 0.00284. The maximum Gasteiger partial charge on any atom is 0.111 e. The van der Waals surface area contributed by atoms with Gasteiger partial charge in [-0.2, -0.15) is 5.10 Å². The zero-order valence-electron chi connectivity index (χ0n) is 10.0. The van der Waals surface area contributed by atoms with Gasteiger partial charge < -0.3 is 5.11 Å². The molecule has 2 heterocycles. The van der Waals surface area contributed by atoms with Crippen molar-refractivity contribution in [3.63, 3.8) is 0 Å². The van der Waals surface area contributed by atoms with Crippen LogP contribution in [0.1, 0.15) is 5.56 Å². The van der Waals surface area contributed by atoms with Crippen LogP contribution >= 0.6 is 0 Å². The van der Waals surface area contributed by atoms with Gasteiger partial charge in [0, 0.05) is 18.6 Å². The maximum absolute atomic E-state index is 9.46. The van der Waals surface area contributed by atoms with E-state index in [2.05, 4.69) is 10.1 Å². The minimum Gasteiger partial charge on any atom is -0.392 e. The summed E-state index contributed by atoms with van der Waals surface area (Å²) in [5.41, 5.74) is 3.36. The molecular formula is C14H13N3O. The number of aromatic nitrogens is 3. The van der Waals surface area contributed by atoms with Crippen LogP contribution < -0.4 is 0 Å². The van der Waals surface area contributed by atoms with Gasteiger partial charge in [-0.1, -0.05) is 18.2 Å². The van der Waals surface area contributed by atoms with Crippen molar-refractivity contribution in [2.24, 2.45) is 7.05 Å². The van der Waals surface area contributed by atoms with Gasteiger partial charge in [-0.25, -0.2) is 4.98 Å². The van der Waals surface area contributed by atoms with E-state index >= 15 is 0 Å². The van der Waals surface area contributed by atoms with Crippen LogP contribution in [0.15, 0.2) is 42.6 Å². The molecule has 90 valence electrons. The SMILES string of the molecule is Cn1ccc(-c2cc(CO)c3ccccc3n2)n1. The molecule has 0 amide bonds. The number of pyridine rings is 1. The largest absolute Gasteiger partial charge is 0.392 e. The van der Waals surface area contributed by atoms with Gasteiger partial charge in [-0.05, 0) is 23.8 Å². The first-order valence-electron chi connectivity index (χ1n) is 5.77. The van der Waals surface area contributed by atoms with Crippen LogP contribution in [0, 0.1) is 0 Å². The molecule has 4 nitrogen and oxygen atoms in total. The average molecular weight is 239 g/mol. The lowest BCUT2D eigenvalue weighted by Crippen LogP contribution is -1.94. The molecule has 18 heavy (non-hydrogen) atoms. The fraction of sp³-hybridized carbons (Fsp3) is 0.143. The first kappa shape index (κ1) is 10.9. The predicted octanol–water partition coefficient (Wildman–Crippen LogP) is 2.13. The smallest absolute Gasteiger partial charge is 0.111 e. The van der Waals surface area contributed by atoms with Gasteiger partial charge in [0.05, 0.1) is 17.8 Å². The standard InChI is InChI=1S/C14H13N3O/c1-17-7-6-13(16-17)14-8-10(9-18)11-4-2-3-5-12(11)15-14/h2-8,18H,9H2,1H3. The molecule has 3 rings (SSSR count). The summed E-state index contributed by atoms with van der Waals surface area (Å²) in [6, 6.07) is 11.6. The van der Waals surface area contributed by atoms with E-state index in [1.807, 2.05) is 49.6 Å². The van der Waals surface area contributed by atoms with Crippen molar-refractivity contribution in [2.45, 2.75) is 6.61 Å². The van der Waals surface area contributed by atoms with Crippen LogP contribution in [0.3, 0.4) is 0 Å². The fourth-order valence-corrected chi connectivity index (χ4v) is 2.06. The zero-order chi connectivity index (χ0) is 12.5. The molecule has 0 spiro atoms. The molecule has 2 aromatic heterocycles. The number of para-hydroxylation sites is 1. The molecular weight excluding hydrogens is 226 g/mol. The first-order chi connectivity index (χ1) is 8.78. The molecule has 0 atom stereocenters. The second kappa shape index (κ2) is 4.23. The van der Waals surface area contributed by atoms with Gasteiger partial charge in [0.15, 0.2) is 0 Å². The van der Waals surface area contributed by atoms with Crippen LogP contribution in [-0.4, -0.2) is 19.9 Å². The highest BCUT2D eigenvalue weighted by Gasteiger charge is 2.08. The second-order valence-corrected chi connectivity index (χ2v) is 4.22. The number of hydrogen-bond donors (Lipinski definition) is 1. The average Bonchev–Trinajstić information content (AvgIpc) is 2.84. The van der Waals surface area contributed by atoms with Gasteiger partial charge in [-0.15, -0.1) is 0 Å². The number of aryl methyl sites for hydroxylation is 1. The molecule has 4 heteroatoms. The Hall–Kier alpha value is -2.20. The summed E-state index contributed by atoms with van der Waals surface area (Å²) in [7, 11) is 1.87. The molecule has 0 aliphatic heterocycles.